The van der Waals surface area contributed by atoms with E-state index in [9.17, 15) is 5.11 Å². The molecule has 1 atom stereocenters. The zero-order valence-electron chi connectivity index (χ0n) is 11.0. The van der Waals surface area contributed by atoms with Gasteiger partial charge in [-0.05, 0) is 24.1 Å². The van der Waals surface area contributed by atoms with Crippen LogP contribution in [0.15, 0.2) is 59.0 Å². The van der Waals surface area contributed by atoms with Crippen molar-refractivity contribution in [3.63, 3.8) is 0 Å². The number of benzene rings is 2. The van der Waals surface area contributed by atoms with Crippen LogP contribution >= 0.6 is 0 Å². The zero-order chi connectivity index (χ0) is 13.8. The van der Waals surface area contributed by atoms with E-state index in [-0.39, 0.29) is 12.6 Å². The Labute approximate surface area is 117 Å². The number of nitrogens with zero attached hydrogens (tertiary/aromatic N) is 1. The molecule has 3 aromatic rings. The number of rotatable bonds is 5. The van der Waals surface area contributed by atoms with Crippen molar-refractivity contribution in [1.82, 2.24) is 4.98 Å². The molecule has 1 heterocycles. The van der Waals surface area contributed by atoms with Gasteiger partial charge in [0.1, 0.15) is 5.52 Å². The second kappa shape index (κ2) is 5.75. The van der Waals surface area contributed by atoms with Gasteiger partial charge in [0.15, 0.2) is 5.58 Å². The summed E-state index contributed by atoms with van der Waals surface area (Å²) < 4.78 is 5.60. The molecule has 0 aliphatic rings. The topological polar surface area (TPSA) is 58.3 Å². The van der Waals surface area contributed by atoms with Crippen LogP contribution in [-0.2, 0) is 6.42 Å². The summed E-state index contributed by atoms with van der Waals surface area (Å²) >= 11 is 0. The number of hydrogen-bond donors (Lipinski definition) is 2. The summed E-state index contributed by atoms with van der Waals surface area (Å²) in [6, 6.07) is 18.0. The van der Waals surface area contributed by atoms with Gasteiger partial charge in [0.05, 0.1) is 12.6 Å². The quantitative estimate of drug-likeness (QED) is 0.747. The summed E-state index contributed by atoms with van der Waals surface area (Å²) in [6.45, 7) is 0.0214. The van der Waals surface area contributed by atoms with Crippen molar-refractivity contribution in [2.24, 2.45) is 0 Å². The molecule has 4 heteroatoms. The first-order valence-corrected chi connectivity index (χ1v) is 6.62. The third kappa shape index (κ3) is 2.81. The molecule has 20 heavy (non-hydrogen) atoms. The van der Waals surface area contributed by atoms with E-state index in [0.717, 1.165) is 23.1 Å². The molecule has 0 aliphatic heterocycles. The Hall–Kier alpha value is -2.33. The highest BCUT2D eigenvalue weighted by molar-refractivity contribution is 5.74. The number of aromatic nitrogens is 1. The van der Waals surface area contributed by atoms with Gasteiger partial charge in [-0.3, -0.25) is 0 Å². The van der Waals surface area contributed by atoms with Crippen molar-refractivity contribution in [3.05, 3.63) is 60.2 Å². The van der Waals surface area contributed by atoms with Gasteiger partial charge in [-0.1, -0.05) is 42.5 Å². The van der Waals surface area contributed by atoms with Crippen LogP contribution in [0.5, 0.6) is 0 Å². The zero-order valence-corrected chi connectivity index (χ0v) is 11.0. The lowest BCUT2D eigenvalue weighted by Gasteiger charge is -2.14. The fourth-order valence-electron chi connectivity index (χ4n) is 2.17. The molecule has 2 aromatic carbocycles. The first-order valence-electron chi connectivity index (χ1n) is 6.62. The van der Waals surface area contributed by atoms with Gasteiger partial charge >= 0.3 is 0 Å². The van der Waals surface area contributed by atoms with Crippen molar-refractivity contribution in [3.8, 4) is 0 Å². The van der Waals surface area contributed by atoms with Crippen molar-refractivity contribution < 1.29 is 9.52 Å². The standard InChI is InChI=1S/C16H16N2O2/c19-11-13(10-12-6-2-1-3-7-12)17-16-18-14-8-4-5-9-15(14)20-16/h1-9,13,19H,10-11H2,(H,17,18)/t13-/m0/s1. The minimum atomic E-state index is -0.120. The molecule has 0 aliphatic carbocycles. The molecule has 4 nitrogen and oxygen atoms in total. The van der Waals surface area contributed by atoms with Crippen LogP contribution in [0.4, 0.5) is 6.01 Å². The maximum absolute atomic E-state index is 9.49. The van der Waals surface area contributed by atoms with Crippen LogP contribution in [0.3, 0.4) is 0 Å². The van der Waals surface area contributed by atoms with Crippen LogP contribution in [0.2, 0.25) is 0 Å². The monoisotopic (exact) mass is 268 g/mol. The van der Waals surface area contributed by atoms with Gasteiger partial charge < -0.3 is 14.8 Å². The van der Waals surface area contributed by atoms with Gasteiger partial charge in [-0.15, -0.1) is 0 Å². The van der Waals surface area contributed by atoms with Gasteiger partial charge in [0.25, 0.3) is 6.01 Å². The molecular formula is C16H16N2O2. The highest BCUT2D eigenvalue weighted by Gasteiger charge is 2.12. The number of aliphatic hydroxyl groups is 1. The molecule has 1 aromatic heterocycles. The largest absolute Gasteiger partial charge is 0.424 e. The molecule has 0 radical (unpaired) electrons. The van der Waals surface area contributed by atoms with Crippen LogP contribution < -0.4 is 5.32 Å². The number of fused-ring (bicyclic) bond motifs is 1. The van der Waals surface area contributed by atoms with Crippen LogP contribution in [0.1, 0.15) is 5.56 Å². The molecule has 0 fully saturated rings. The Bertz CT molecular complexity index is 646. The first-order chi connectivity index (χ1) is 9.85. The van der Waals surface area contributed by atoms with Gasteiger partial charge in [-0.2, -0.15) is 4.98 Å². The number of hydrogen-bond acceptors (Lipinski definition) is 4. The van der Waals surface area contributed by atoms with Crippen LogP contribution in [0, 0.1) is 0 Å². The predicted molar refractivity (Wildman–Crippen MR) is 78.7 cm³/mol. The lowest BCUT2D eigenvalue weighted by Crippen LogP contribution is -2.26. The second-order valence-electron chi connectivity index (χ2n) is 4.70. The van der Waals surface area contributed by atoms with E-state index in [4.69, 9.17) is 4.42 Å². The Morgan fingerprint density at radius 2 is 1.80 bits per heavy atom. The summed E-state index contributed by atoms with van der Waals surface area (Å²) in [5.74, 6) is 0. The van der Waals surface area contributed by atoms with Crippen LogP contribution in [-0.4, -0.2) is 22.7 Å². The SMILES string of the molecule is OC[C@H](Cc1ccccc1)Nc1nc2ccccc2o1. The average molecular weight is 268 g/mol. The van der Waals surface area contributed by atoms with Crippen molar-refractivity contribution >= 4 is 17.1 Å². The molecule has 0 saturated heterocycles. The summed E-state index contributed by atoms with van der Waals surface area (Å²) in [7, 11) is 0. The second-order valence-corrected chi connectivity index (χ2v) is 4.70. The molecule has 0 amide bonds. The molecule has 3 rings (SSSR count). The Balaban J connectivity index is 1.74. The first kappa shape index (κ1) is 12.7. The van der Waals surface area contributed by atoms with Crippen molar-refractivity contribution in [2.45, 2.75) is 12.5 Å². The Morgan fingerprint density at radius 3 is 2.55 bits per heavy atom. The molecule has 2 N–H and O–H groups in total. The van der Waals surface area contributed by atoms with E-state index >= 15 is 0 Å². The lowest BCUT2D eigenvalue weighted by atomic mass is 10.1. The molecule has 102 valence electrons. The highest BCUT2D eigenvalue weighted by atomic mass is 16.4. The van der Waals surface area contributed by atoms with Gasteiger partial charge in [0.2, 0.25) is 0 Å². The van der Waals surface area contributed by atoms with E-state index in [1.807, 2.05) is 54.6 Å². The smallest absolute Gasteiger partial charge is 0.295 e. The third-order valence-corrected chi connectivity index (χ3v) is 3.17. The number of aliphatic hydroxyl groups excluding tert-OH is 1. The molecular weight excluding hydrogens is 252 g/mol. The summed E-state index contributed by atoms with van der Waals surface area (Å²) in [6.07, 6.45) is 0.718. The number of nitrogens with one attached hydrogen (secondary N) is 1. The molecule has 0 bridgehead atoms. The average Bonchev–Trinajstić information content (AvgIpc) is 2.90. The van der Waals surface area contributed by atoms with Gasteiger partial charge in [0, 0.05) is 0 Å². The number of para-hydroxylation sites is 2. The highest BCUT2D eigenvalue weighted by Crippen LogP contribution is 2.19. The van der Waals surface area contributed by atoms with E-state index < -0.39 is 0 Å². The predicted octanol–water partition coefficient (Wildman–Crippen LogP) is 2.84. The maximum Gasteiger partial charge on any atom is 0.295 e. The fraction of sp³-hybridized carbons (Fsp3) is 0.188. The lowest BCUT2D eigenvalue weighted by molar-refractivity contribution is 0.272. The van der Waals surface area contributed by atoms with E-state index in [1.54, 1.807) is 0 Å². The van der Waals surface area contributed by atoms with Crippen molar-refractivity contribution in [1.29, 1.82) is 0 Å². The third-order valence-electron chi connectivity index (χ3n) is 3.17. The molecule has 0 unspecified atom stereocenters. The number of anilines is 1. The summed E-state index contributed by atoms with van der Waals surface area (Å²) in [5.41, 5.74) is 2.72. The fourth-order valence-corrected chi connectivity index (χ4v) is 2.17. The van der Waals surface area contributed by atoms with E-state index in [1.165, 1.54) is 0 Å². The minimum absolute atomic E-state index is 0.0214. The summed E-state index contributed by atoms with van der Waals surface area (Å²) in [4.78, 5) is 4.35. The van der Waals surface area contributed by atoms with E-state index in [0.29, 0.717) is 6.01 Å². The maximum atomic E-state index is 9.49. The Kier molecular flexibility index (Phi) is 3.65. The van der Waals surface area contributed by atoms with Crippen LogP contribution in [0.25, 0.3) is 11.1 Å². The van der Waals surface area contributed by atoms with E-state index in [2.05, 4.69) is 10.3 Å². The minimum Gasteiger partial charge on any atom is -0.424 e. The van der Waals surface area contributed by atoms with Crippen molar-refractivity contribution in [2.75, 3.05) is 11.9 Å². The molecule has 0 spiro atoms. The van der Waals surface area contributed by atoms with Gasteiger partial charge in [-0.25, -0.2) is 0 Å². The number of oxazole rings is 1. The summed E-state index contributed by atoms with van der Waals surface area (Å²) in [5, 5.41) is 12.6. The normalized spacial score (nSPS) is 12.4. The Morgan fingerprint density at radius 1 is 1.05 bits per heavy atom. The molecule has 0 saturated carbocycles.